The highest BCUT2D eigenvalue weighted by Gasteiger charge is 2.11. The van der Waals surface area contributed by atoms with Crippen molar-refractivity contribution in [2.45, 2.75) is 13.5 Å². The Balaban J connectivity index is 2.00. The van der Waals surface area contributed by atoms with Crippen molar-refractivity contribution in [1.29, 1.82) is 0 Å². The summed E-state index contributed by atoms with van der Waals surface area (Å²) in [4.78, 5) is 14.1. The molecular formula is C18H20FNO2. The zero-order chi connectivity index (χ0) is 16.1. The summed E-state index contributed by atoms with van der Waals surface area (Å²) < 4.78 is 18.7. The lowest BCUT2D eigenvalue weighted by molar-refractivity contribution is 0.0942. The first-order valence-electron chi connectivity index (χ1n) is 7.10. The molecule has 0 saturated heterocycles. The molecule has 0 aliphatic heterocycles. The van der Waals surface area contributed by atoms with E-state index < -0.39 is 0 Å². The van der Waals surface area contributed by atoms with Crippen LogP contribution in [0.3, 0.4) is 0 Å². The summed E-state index contributed by atoms with van der Waals surface area (Å²) in [5.74, 6) is 0.350. The number of hydrogen-bond acceptors (Lipinski definition) is 3. The van der Waals surface area contributed by atoms with Crippen molar-refractivity contribution in [2.75, 3.05) is 20.7 Å². The lowest BCUT2D eigenvalue weighted by Gasteiger charge is -2.16. The summed E-state index contributed by atoms with van der Waals surface area (Å²) in [6, 6.07) is 12.3. The van der Waals surface area contributed by atoms with Crippen molar-refractivity contribution in [3.63, 3.8) is 0 Å². The van der Waals surface area contributed by atoms with Gasteiger partial charge in [-0.2, -0.15) is 0 Å². The number of aryl methyl sites for hydroxylation is 1. The standard InChI is InChI=1S/C18H20FNO2/c1-13-7-8-15(10-17(13)19)18(21)12-20(2)11-14-5-4-6-16(9-14)22-3/h4-10H,11-12H2,1-3H3. The number of rotatable bonds is 6. The normalized spacial score (nSPS) is 10.8. The Labute approximate surface area is 130 Å². The predicted molar refractivity (Wildman–Crippen MR) is 84.8 cm³/mol. The third-order valence-electron chi connectivity index (χ3n) is 3.49. The number of nitrogens with zero attached hydrogens (tertiary/aromatic N) is 1. The summed E-state index contributed by atoms with van der Waals surface area (Å²) in [5.41, 5.74) is 2.01. The van der Waals surface area contributed by atoms with Crippen LogP contribution in [-0.2, 0) is 6.54 Å². The minimum atomic E-state index is -0.346. The molecule has 0 N–H and O–H groups in total. The highest BCUT2D eigenvalue weighted by atomic mass is 19.1. The molecule has 0 bridgehead atoms. The molecule has 0 fully saturated rings. The highest BCUT2D eigenvalue weighted by molar-refractivity contribution is 5.97. The van der Waals surface area contributed by atoms with Gasteiger partial charge >= 0.3 is 0 Å². The van der Waals surface area contributed by atoms with E-state index in [1.165, 1.54) is 6.07 Å². The fourth-order valence-electron chi connectivity index (χ4n) is 2.24. The molecule has 116 valence electrons. The largest absolute Gasteiger partial charge is 0.497 e. The maximum Gasteiger partial charge on any atom is 0.176 e. The molecule has 2 aromatic carbocycles. The number of hydrogen-bond donors (Lipinski definition) is 0. The van der Waals surface area contributed by atoms with Crippen LogP contribution in [-0.4, -0.2) is 31.4 Å². The van der Waals surface area contributed by atoms with E-state index in [1.807, 2.05) is 36.2 Å². The average molecular weight is 301 g/mol. The zero-order valence-electron chi connectivity index (χ0n) is 13.1. The maximum absolute atomic E-state index is 13.5. The van der Waals surface area contributed by atoms with E-state index in [9.17, 15) is 9.18 Å². The summed E-state index contributed by atoms with van der Waals surface area (Å²) in [5, 5.41) is 0. The SMILES string of the molecule is COc1cccc(CN(C)CC(=O)c2ccc(C)c(F)c2)c1. The molecular weight excluding hydrogens is 281 g/mol. The number of Topliss-reactive ketones (excluding diaryl/α,β-unsaturated/α-hetero) is 1. The van der Waals surface area contributed by atoms with Gasteiger partial charge in [0.05, 0.1) is 13.7 Å². The third kappa shape index (κ3) is 4.15. The van der Waals surface area contributed by atoms with Crippen molar-refractivity contribution in [3.8, 4) is 5.75 Å². The van der Waals surface area contributed by atoms with Crippen LogP contribution in [0.1, 0.15) is 21.5 Å². The van der Waals surface area contributed by atoms with Crippen molar-refractivity contribution < 1.29 is 13.9 Å². The molecule has 0 spiro atoms. The van der Waals surface area contributed by atoms with Gasteiger partial charge in [0, 0.05) is 12.1 Å². The van der Waals surface area contributed by atoms with Crippen molar-refractivity contribution in [3.05, 3.63) is 65.0 Å². The van der Waals surface area contributed by atoms with E-state index in [0.29, 0.717) is 17.7 Å². The number of methoxy groups -OCH3 is 1. The van der Waals surface area contributed by atoms with Crippen LogP contribution in [0.5, 0.6) is 5.75 Å². The third-order valence-corrected chi connectivity index (χ3v) is 3.49. The Morgan fingerprint density at radius 3 is 2.68 bits per heavy atom. The topological polar surface area (TPSA) is 29.5 Å². The number of benzene rings is 2. The summed E-state index contributed by atoms with van der Waals surface area (Å²) in [6.45, 7) is 2.54. The smallest absolute Gasteiger partial charge is 0.176 e. The Morgan fingerprint density at radius 1 is 1.23 bits per heavy atom. The molecule has 0 saturated carbocycles. The molecule has 0 amide bonds. The summed E-state index contributed by atoms with van der Waals surface area (Å²) in [6.07, 6.45) is 0. The monoisotopic (exact) mass is 301 g/mol. The first-order valence-corrected chi connectivity index (χ1v) is 7.10. The van der Waals surface area contributed by atoms with Gasteiger partial charge in [-0.05, 0) is 43.3 Å². The second kappa shape index (κ2) is 7.18. The van der Waals surface area contributed by atoms with Gasteiger partial charge in [0.1, 0.15) is 11.6 Å². The number of carbonyl (C=O) groups is 1. The second-order valence-corrected chi connectivity index (χ2v) is 5.41. The lowest BCUT2D eigenvalue weighted by atomic mass is 10.1. The predicted octanol–water partition coefficient (Wildman–Crippen LogP) is 3.46. The Morgan fingerprint density at radius 2 is 2.00 bits per heavy atom. The minimum absolute atomic E-state index is 0.0932. The molecule has 0 heterocycles. The minimum Gasteiger partial charge on any atom is -0.497 e. The van der Waals surface area contributed by atoms with Crippen LogP contribution in [0.4, 0.5) is 4.39 Å². The molecule has 4 heteroatoms. The molecule has 2 rings (SSSR count). The zero-order valence-corrected chi connectivity index (χ0v) is 13.1. The molecule has 0 atom stereocenters. The quantitative estimate of drug-likeness (QED) is 0.765. The Hall–Kier alpha value is -2.20. The van der Waals surface area contributed by atoms with E-state index in [0.717, 1.165) is 11.3 Å². The van der Waals surface area contributed by atoms with E-state index in [1.54, 1.807) is 26.2 Å². The number of halogens is 1. The van der Waals surface area contributed by atoms with Crippen LogP contribution in [0.25, 0.3) is 0 Å². The van der Waals surface area contributed by atoms with Gasteiger partial charge < -0.3 is 4.74 Å². The molecule has 0 radical (unpaired) electrons. The van der Waals surface area contributed by atoms with Crippen molar-refractivity contribution in [2.24, 2.45) is 0 Å². The van der Waals surface area contributed by atoms with Gasteiger partial charge in [0.25, 0.3) is 0 Å². The van der Waals surface area contributed by atoms with Crippen LogP contribution in [0.15, 0.2) is 42.5 Å². The van der Waals surface area contributed by atoms with Crippen LogP contribution >= 0.6 is 0 Å². The highest BCUT2D eigenvalue weighted by Crippen LogP contribution is 2.15. The number of carbonyl (C=O) groups excluding carboxylic acids is 1. The summed E-state index contributed by atoms with van der Waals surface area (Å²) in [7, 11) is 3.49. The first-order chi connectivity index (χ1) is 10.5. The van der Waals surface area contributed by atoms with Crippen LogP contribution < -0.4 is 4.74 Å². The fraction of sp³-hybridized carbons (Fsp3) is 0.278. The van der Waals surface area contributed by atoms with Gasteiger partial charge in [-0.3, -0.25) is 9.69 Å². The van der Waals surface area contributed by atoms with Gasteiger partial charge in [0.2, 0.25) is 0 Å². The Bertz CT molecular complexity index is 670. The van der Waals surface area contributed by atoms with Gasteiger partial charge in [0.15, 0.2) is 5.78 Å². The molecule has 0 aliphatic rings. The molecule has 0 aliphatic carbocycles. The second-order valence-electron chi connectivity index (χ2n) is 5.41. The Kier molecular flexibility index (Phi) is 5.28. The average Bonchev–Trinajstić information content (AvgIpc) is 2.50. The van der Waals surface area contributed by atoms with E-state index >= 15 is 0 Å². The van der Waals surface area contributed by atoms with Crippen LogP contribution in [0.2, 0.25) is 0 Å². The summed E-state index contributed by atoms with van der Waals surface area (Å²) >= 11 is 0. The molecule has 3 nitrogen and oxygen atoms in total. The first kappa shape index (κ1) is 16.2. The van der Waals surface area contributed by atoms with Crippen molar-refractivity contribution >= 4 is 5.78 Å². The van der Waals surface area contributed by atoms with E-state index in [-0.39, 0.29) is 18.1 Å². The van der Waals surface area contributed by atoms with E-state index in [2.05, 4.69) is 0 Å². The number of ketones is 1. The maximum atomic E-state index is 13.5. The number of likely N-dealkylation sites (N-methyl/N-ethyl adjacent to an activating group) is 1. The fourth-order valence-corrected chi connectivity index (χ4v) is 2.24. The molecule has 0 aromatic heterocycles. The molecule has 2 aromatic rings. The van der Waals surface area contributed by atoms with Crippen molar-refractivity contribution in [1.82, 2.24) is 4.90 Å². The molecule has 22 heavy (non-hydrogen) atoms. The van der Waals surface area contributed by atoms with Gasteiger partial charge in [-0.15, -0.1) is 0 Å². The number of ether oxygens (including phenoxy) is 1. The lowest BCUT2D eigenvalue weighted by Crippen LogP contribution is -2.25. The van der Waals surface area contributed by atoms with Gasteiger partial charge in [-0.1, -0.05) is 24.3 Å². The van der Waals surface area contributed by atoms with Crippen LogP contribution in [0, 0.1) is 12.7 Å². The molecule has 0 unspecified atom stereocenters. The van der Waals surface area contributed by atoms with Gasteiger partial charge in [-0.25, -0.2) is 4.39 Å². The van der Waals surface area contributed by atoms with E-state index in [4.69, 9.17) is 4.74 Å².